The van der Waals surface area contributed by atoms with Crippen LogP contribution < -0.4 is 15.1 Å². The molecule has 4 aromatic rings. The van der Waals surface area contributed by atoms with Crippen LogP contribution in [-0.4, -0.2) is 65.1 Å². The maximum absolute atomic E-state index is 10.9. The minimum absolute atomic E-state index is 0.174. The molecule has 160 valence electrons. The Hall–Kier alpha value is -3.39. The zero-order valence-corrected chi connectivity index (χ0v) is 18.3. The van der Waals surface area contributed by atoms with Gasteiger partial charge in [0.25, 0.3) is 0 Å². The second kappa shape index (κ2) is 7.39. The van der Waals surface area contributed by atoms with E-state index in [0.29, 0.717) is 11.4 Å². The van der Waals surface area contributed by atoms with E-state index in [0.717, 1.165) is 59.4 Å². The third kappa shape index (κ3) is 3.33. The number of fused-ring (bicyclic) bond motifs is 2. The fourth-order valence-electron chi connectivity index (χ4n) is 4.29. The predicted molar refractivity (Wildman–Crippen MR) is 125 cm³/mol. The number of nitrogens with zero attached hydrogens (tertiary/aromatic N) is 6. The van der Waals surface area contributed by atoms with E-state index in [2.05, 4.69) is 33.5 Å². The predicted octanol–water partition coefficient (Wildman–Crippen LogP) is 2.67. The number of rotatable bonds is 3. The average Bonchev–Trinajstić information content (AvgIpc) is 3.16. The Bertz CT molecular complexity index is 1290. The zero-order valence-electron chi connectivity index (χ0n) is 18.3. The molecule has 0 saturated carbocycles. The number of anilines is 2. The molecule has 1 aliphatic heterocycles. The second-order valence-corrected chi connectivity index (χ2v) is 8.34. The topological polar surface area (TPSA) is 82.3 Å². The fraction of sp³-hybridized carbons (Fsp3) is 0.348. The summed E-state index contributed by atoms with van der Waals surface area (Å²) in [5, 5.41) is 20.7. The summed E-state index contributed by atoms with van der Waals surface area (Å²) in [6.45, 7) is 5.83. The average molecular weight is 418 g/mol. The van der Waals surface area contributed by atoms with Crippen LogP contribution in [0.15, 0.2) is 30.5 Å². The molecule has 8 heteroatoms. The molecule has 31 heavy (non-hydrogen) atoms. The molecule has 2 N–H and O–H groups in total. The van der Waals surface area contributed by atoms with E-state index >= 15 is 0 Å². The van der Waals surface area contributed by atoms with Crippen molar-refractivity contribution in [2.45, 2.75) is 6.92 Å². The molecule has 0 aliphatic carbocycles. The molecular formula is C23H27N7O. The monoisotopic (exact) mass is 417 g/mol. The Labute approximate surface area is 181 Å². The molecule has 0 atom stereocenters. The van der Waals surface area contributed by atoms with Crippen molar-refractivity contribution in [2.75, 3.05) is 50.1 Å². The molecule has 2 aromatic heterocycles. The Morgan fingerprint density at radius 1 is 1.10 bits per heavy atom. The van der Waals surface area contributed by atoms with Crippen molar-refractivity contribution in [1.29, 1.82) is 0 Å². The highest BCUT2D eigenvalue weighted by atomic mass is 16.3. The van der Waals surface area contributed by atoms with Gasteiger partial charge < -0.3 is 20.2 Å². The van der Waals surface area contributed by atoms with Crippen LogP contribution in [0.1, 0.15) is 5.56 Å². The number of phenolic OH excluding ortho intramolecular Hbond substituents is 1. The SMILES string of the molecule is Cc1c(O)c(-c2nc(N(C)C)c3cc(N4CCNCC4)ccc3n2)cc2cn(C)nc12. The van der Waals surface area contributed by atoms with Crippen LogP contribution in [0.25, 0.3) is 33.2 Å². The van der Waals surface area contributed by atoms with Gasteiger partial charge in [0.2, 0.25) is 0 Å². The van der Waals surface area contributed by atoms with Gasteiger partial charge in [0.1, 0.15) is 11.6 Å². The van der Waals surface area contributed by atoms with Crippen molar-refractivity contribution in [3.8, 4) is 17.1 Å². The Morgan fingerprint density at radius 2 is 1.87 bits per heavy atom. The van der Waals surface area contributed by atoms with Crippen LogP contribution in [-0.2, 0) is 7.05 Å². The van der Waals surface area contributed by atoms with Gasteiger partial charge in [0, 0.05) is 75.5 Å². The number of hydrogen-bond acceptors (Lipinski definition) is 7. The highest BCUT2D eigenvalue weighted by Crippen LogP contribution is 2.37. The van der Waals surface area contributed by atoms with E-state index in [1.165, 1.54) is 5.69 Å². The van der Waals surface area contributed by atoms with Gasteiger partial charge in [0.05, 0.1) is 16.6 Å². The molecule has 5 rings (SSSR count). The standard InChI is InChI=1S/C23H27N7O/c1-14-20-15(13-29(4)27-20)11-18(21(14)31)22-25-19-6-5-16(30-9-7-24-8-10-30)12-17(19)23(26-22)28(2)3/h5-6,11-13,24,31H,7-10H2,1-4H3. The number of piperazine rings is 1. The first kappa shape index (κ1) is 19.6. The maximum Gasteiger partial charge on any atom is 0.165 e. The molecule has 0 spiro atoms. The van der Waals surface area contributed by atoms with Gasteiger partial charge in [-0.15, -0.1) is 0 Å². The van der Waals surface area contributed by atoms with Crippen LogP contribution in [0.4, 0.5) is 11.5 Å². The summed E-state index contributed by atoms with van der Waals surface area (Å²) < 4.78 is 1.75. The fourth-order valence-corrected chi connectivity index (χ4v) is 4.29. The molecule has 0 radical (unpaired) electrons. The normalized spacial score (nSPS) is 14.5. The first-order valence-electron chi connectivity index (χ1n) is 10.5. The molecule has 2 aromatic carbocycles. The molecule has 8 nitrogen and oxygen atoms in total. The number of aryl methyl sites for hydroxylation is 2. The smallest absolute Gasteiger partial charge is 0.165 e. The summed E-state index contributed by atoms with van der Waals surface area (Å²) in [6.07, 6.45) is 1.94. The first-order valence-corrected chi connectivity index (χ1v) is 10.5. The van der Waals surface area contributed by atoms with Gasteiger partial charge in [-0.1, -0.05) is 0 Å². The Morgan fingerprint density at radius 3 is 2.61 bits per heavy atom. The van der Waals surface area contributed by atoms with Crippen molar-refractivity contribution in [3.63, 3.8) is 0 Å². The third-order valence-corrected chi connectivity index (χ3v) is 5.93. The lowest BCUT2D eigenvalue weighted by molar-refractivity contribution is 0.473. The Balaban J connectivity index is 1.68. The highest BCUT2D eigenvalue weighted by Gasteiger charge is 2.19. The summed E-state index contributed by atoms with van der Waals surface area (Å²) in [7, 11) is 5.85. The van der Waals surface area contributed by atoms with E-state index in [-0.39, 0.29) is 5.75 Å². The van der Waals surface area contributed by atoms with Crippen LogP contribution in [0, 0.1) is 6.92 Å². The second-order valence-electron chi connectivity index (χ2n) is 8.34. The van der Waals surface area contributed by atoms with E-state index in [1.807, 2.05) is 45.2 Å². The maximum atomic E-state index is 10.9. The Kier molecular flexibility index (Phi) is 4.66. The molecular weight excluding hydrogens is 390 g/mol. The van der Waals surface area contributed by atoms with Gasteiger partial charge in [-0.25, -0.2) is 9.97 Å². The first-order chi connectivity index (χ1) is 14.9. The zero-order chi connectivity index (χ0) is 21.7. The van der Waals surface area contributed by atoms with Crippen molar-refractivity contribution in [3.05, 3.63) is 36.0 Å². The molecule has 0 unspecified atom stereocenters. The molecule has 3 heterocycles. The van der Waals surface area contributed by atoms with Crippen LogP contribution in [0.2, 0.25) is 0 Å². The summed E-state index contributed by atoms with van der Waals surface area (Å²) in [6, 6.07) is 8.27. The number of phenols is 1. The molecule has 0 bridgehead atoms. The number of aromatic hydroxyl groups is 1. The number of aromatic nitrogens is 4. The number of nitrogens with one attached hydrogen (secondary N) is 1. The van der Waals surface area contributed by atoms with E-state index in [4.69, 9.17) is 9.97 Å². The minimum Gasteiger partial charge on any atom is -0.507 e. The molecule has 0 amide bonds. The van der Waals surface area contributed by atoms with Crippen LogP contribution >= 0.6 is 0 Å². The minimum atomic E-state index is 0.174. The lowest BCUT2D eigenvalue weighted by atomic mass is 10.0. The van der Waals surface area contributed by atoms with Crippen LogP contribution in [0.5, 0.6) is 5.75 Å². The lowest BCUT2D eigenvalue weighted by Gasteiger charge is -2.29. The van der Waals surface area contributed by atoms with Gasteiger partial charge >= 0.3 is 0 Å². The number of benzene rings is 2. The quantitative estimate of drug-likeness (QED) is 0.530. The van der Waals surface area contributed by atoms with Crippen molar-refractivity contribution < 1.29 is 5.11 Å². The molecule has 1 fully saturated rings. The third-order valence-electron chi connectivity index (χ3n) is 5.93. The van der Waals surface area contributed by atoms with Crippen LogP contribution in [0.3, 0.4) is 0 Å². The molecule has 1 aliphatic rings. The largest absolute Gasteiger partial charge is 0.507 e. The van der Waals surface area contributed by atoms with E-state index in [1.54, 1.807) is 4.68 Å². The van der Waals surface area contributed by atoms with E-state index < -0.39 is 0 Å². The van der Waals surface area contributed by atoms with Gasteiger partial charge in [-0.2, -0.15) is 5.10 Å². The summed E-state index contributed by atoms with van der Waals surface area (Å²) in [5.74, 6) is 1.52. The number of hydrogen-bond donors (Lipinski definition) is 2. The van der Waals surface area contributed by atoms with E-state index in [9.17, 15) is 5.11 Å². The summed E-state index contributed by atoms with van der Waals surface area (Å²) in [4.78, 5) is 14.1. The van der Waals surface area contributed by atoms with Crippen molar-refractivity contribution >= 4 is 33.3 Å². The molecule has 1 saturated heterocycles. The summed E-state index contributed by atoms with van der Waals surface area (Å²) >= 11 is 0. The lowest BCUT2D eigenvalue weighted by Crippen LogP contribution is -2.43. The van der Waals surface area contributed by atoms with Gasteiger partial charge in [-0.05, 0) is 31.2 Å². The highest BCUT2D eigenvalue weighted by molar-refractivity contribution is 5.95. The van der Waals surface area contributed by atoms with Crippen molar-refractivity contribution in [2.24, 2.45) is 7.05 Å². The summed E-state index contributed by atoms with van der Waals surface area (Å²) in [5.41, 5.74) is 4.18. The van der Waals surface area contributed by atoms with Crippen molar-refractivity contribution in [1.82, 2.24) is 25.1 Å². The van der Waals surface area contributed by atoms with Gasteiger partial charge in [-0.3, -0.25) is 4.68 Å². The van der Waals surface area contributed by atoms with Gasteiger partial charge in [0.15, 0.2) is 5.82 Å².